The molecule has 3 rings (SSSR count). The Morgan fingerprint density at radius 1 is 1.44 bits per heavy atom. The normalized spacial score (nSPS) is 24.9. The number of ether oxygens (including phenoxy) is 2. The lowest BCUT2D eigenvalue weighted by molar-refractivity contribution is -0.138. The molecular weight excluding hydrogens is 366 g/mol. The molecule has 1 unspecified atom stereocenters. The fourth-order valence-corrected chi connectivity index (χ4v) is 2.78. The predicted octanol–water partition coefficient (Wildman–Crippen LogP) is 1.66. The van der Waals surface area contributed by atoms with Gasteiger partial charge in [-0.05, 0) is 26.8 Å². The van der Waals surface area contributed by atoms with E-state index in [2.05, 4.69) is 15.3 Å². The number of amides is 1. The molecule has 0 aliphatic carbocycles. The Kier molecular flexibility index (Phi) is 4.78. The van der Waals surface area contributed by atoms with Crippen molar-refractivity contribution in [2.45, 2.75) is 50.7 Å². The minimum absolute atomic E-state index is 0.0616. The minimum atomic E-state index is -3.65. The third-order valence-electron chi connectivity index (χ3n) is 3.94. The van der Waals surface area contributed by atoms with Gasteiger partial charge >= 0.3 is 12.0 Å². The van der Waals surface area contributed by atoms with Gasteiger partial charge in [0.2, 0.25) is 6.23 Å². The molecule has 11 heteroatoms. The van der Waals surface area contributed by atoms with Crippen LogP contribution < -0.4 is 5.32 Å². The molecule has 0 bridgehead atoms. The lowest BCUT2D eigenvalue weighted by Gasteiger charge is -2.21. The first-order chi connectivity index (χ1) is 12.5. The Morgan fingerprint density at radius 2 is 2.15 bits per heavy atom. The smallest absolute Gasteiger partial charge is 0.413 e. The van der Waals surface area contributed by atoms with Crippen LogP contribution in [0.3, 0.4) is 0 Å². The van der Waals surface area contributed by atoms with Gasteiger partial charge in [-0.2, -0.15) is 8.78 Å². The second-order valence-corrected chi connectivity index (χ2v) is 7.14. The van der Waals surface area contributed by atoms with Crippen LogP contribution in [0.25, 0.3) is 11.0 Å². The number of nitrogens with one attached hydrogen (secondary N) is 1. The summed E-state index contributed by atoms with van der Waals surface area (Å²) in [6, 6.07) is 1.43. The van der Waals surface area contributed by atoms with E-state index in [4.69, 9.17) is 14.6 Å². The quantitative estimate of drug-likeness (QED) is 0.734. The van der Waals surface area contributed by atoms with Crippen LogP contribution in [0.2, 0.25) is 0 Å². The molecule has 1 aliphatic rings. The molecule has 3 heterocycles. The zero-order valence-corrected chi connectivity index (χ0v) is 14.9. The van der Waals surface area contributed by atoms with Crippen LogP contribution in [0.5, 0.6) is 0 Å². The third kappa shape index (κ3) is 3.57. The topological polar surface area (TPSA) is 119 Å². The summed E-state index contributed by atoms with van der Waals surface area (Å²) in [6.45, 7) is 4.33. The first-order valence-corrected chi connectivity index (χ1v) is 8.18. The molecule has 1 amide bonds. The van der Waals surface area contributed by atoms with Crippen molar-refractivity contribution in [2.24, 2.45) is 0 Å². The number of rotatable bonds is 3. The monoisotopic (exact) mass is 386 g/mol. The van der Waals surface area contributed by atoms with E-state index in [1.807, 2.05) is 0 Å². The summed E-state index contributed by atoms with van der Waals surface area (Å²) in [5, 5.41) is 21.5. The molecule has 148 valence electrons. The number of alkyl halides is 2. The number of carbonyl (C=O) groups is 1. The summed E-state index contributed by atoms with van der Waals surface area (Å²) < 4.78 is 40.1. The van der Waals surface area contributed by atoms with E-state index in [0.29, 0.717) is 0 Å². The molecule has 1 fully saturated rings. The van der Waals surface area contributed by atoms with Crippen LogP contribution in [0.4, 0.5) is 19.4 Å². The van der Waals surface area contributed by atoms with Crippen molar-refractivity contribution >= 4 is 22.9 Å². The second kappa shape index (κ2) is 6.66. The summed E-state index contributed by atoms with van der Waals surface area (Å²) in [6.07, 6.45) is -3.84. The molecule has 3 atom stereocenters. The Labute approximate surface area is 152 Å². The highest BCUT2D eigenvalue weighted by Gasteiger charge is 2.59. The van der Waals surface area contributed by atoms with Crippen molar-refractivity contribution in [1.82, 2.24) is 14.5 Å². The Balaban J connectivity index is 1.93. The van der Waals surface area contributed by atoms with Crippen LogP contribution in [-0.4, -0.2) is 61.2 Å². The van der Waals surface area contributed by atoms with Crippen LogP contribution >= 0.6 is 0 Å². The van der Waals surface area contributed by atoms with Gasteiger partial charge in [0, 0.05) is 6.20 Å². The van der Waals surface area contributed by atoms with E-state index in [1.165, 1.54) is 12.3 Å². The van der Waals surface area contributed by atoms with Gasteiger partial charge in [0.15, 0.2) is 6.10 Å². The van der Waals surface area contributed by atoms with E-state index < -0.39 is 42.7 Å². The summed E-state index contributed by atoms with van der Waals surface area (Å²) in [5.74, 6) is -3.57. The average Bonchev–Trinajstić information content (AvgIpc) is 3.06. The van der Waals surface area contributed by atoms with Crippen molar-refractivity contribution in [3.8, 4) is 0 Å². The molecule has 2 aromatic rings. The number of nitrogens with zero attached hydrogens (tertiary/aromatic N) is 3. The maximum Gasteiger partial charge on any atom is 0.413 e. The molecule has 9 nitrogen and oxygen atoms in total. The maximum atomic E-state index is 14.4. The summed E-state index contributed by atoms with van der Waals surface area (Å²) in [5.41, 5.74) is -0.663. The molecule has 0 radical (unpaired) electrons. The first-order valence-electron chi connectivity index (χ1n) is 8.18. The van der Waals surface area contributed by atoms with Gasteiger partial charge in [-0.1, -0.05) is 0 Å². The number of carbonyl (C=O) groups excluding carboxylic acids is 1. The fraction of sp³-hybridized carbons (Fsp3) is 0.562. The van der Waals surface area contributed by atoms with Gasteiger partial charge < -0.3 is 24.3 Å². The van der Waals surface area contributed by atoms with Gasteiger partial charge in [-0.15, -0.1) is 0 Å². The highest BCUT2D eigenvalue weighted by molar-refractivity contribution is 5.95. The number of hydrogen-bond donors (Lipinski definition) is 3. The molecule has 1 saturated heterocycles. The van der Waals surface area contributed by atoms with E-state index in [0.717, 1.165) is 10.9 Å². The Hall–Kier alpha value is -2.37. The first kappa shape index (κ1) is 19.4. The van der Waals surface area contributed by atoms with Crippen molar-refractivity contribution in [2.75, 3.05) is 11.9 Å². The van der Waals surface area contributed by atoms with Crippen molar-refractivity contribution in [1.29, 1.82) is 0 Å². The Morgan fingerprint density at radius 3 is 2.74 bits per heavy atom. The SMILES string of the molecule is CC(C)(C)OC(=O)Nc1ncnc2c1ccn2C1O[C@H](CO)[C@@H](O)C1(F)F. The highest BCUT2D eigenvalue weighted by atomic mass is 19.3. The maximum absolute atomic E-state index is 14.4. The summed E-state index contributed by atoms with van der Waals surface area (Å²) in [4.78, 5) is 19.9. The highest BCUT2D eigenvalue weighted by Crippen LogP contribution is 2.44. The zero-order chi connectivity index (χ0) is 20.0. The number of fused-ring (bicyclic) bond motifs is 1. The van der Waals surface area contributed by atoms with Crippen molar-refractivity contribution in [3.63, 3.8) is 0 Å². The fourth-order valence-electron chi connectivity index (χ4n) is 2.78. The molecule has 1 aliphatic heterocycles. The van der Waals surface area contributed by atoms with Crippen molar-refractivity contribution in [3.05, 3.63) is 18.6 Å². The second-order valence-electron chi connectivity index (χ2n) is 7.14. The average molecular weight is 386 g/mol. The number of aliphatic hydroxyl groups excluding tert-OH is 2. The van der Waals surface area contributed by atoms with E-state index in [1.54, 1.807) is 20.8 Å². The van der Waals surface area contributed by atoms with E-state index in [-0.39, 0.29) is 16.9 Å². The number of hydrogen-bond acceptors (Lipinski definition) is 7. The summed E-state index contributed by atoms with van der Waals surface area (Å²) >= 11 is 0. The number of anilines is 1. The number of halogens is 2. The van der Waals surface area contributed by atoms with Crippen LogP contribution in [0.15, 0.2) is 18.6 Å². The van der Waals surface area contributed by atoms with Gasteiger partial charge in [0.25, 0.3) is 0 Å². The van der Waals surface area contributed by atoms with Crippen LogP contribution in [0.1, 0.15) is 27.0 Å². The van der Waals surface area contributed by atoms with Crippen LogP contribution in [0, 0.1) is 0 Å². The molecule has 0 spiro atoms. The minimum Gasteiger partial charge on any atom is -0.444 e. The van der Waals surface area contributed by atoms with E-state index >= 15 is 0 Å². The van der Waals surface area contributed by atoms with Crippen LogP contribution in [-0.2, 0) is 9.47 Å². The number of aromatic nitrogens is 3. The van der Waals surface area contributed by atoms with Gasteiger partial charge in [-0.3, -0.25) is 5.32 Å². The standard InChI is InChI=1S/C16H20F2N4O5/c1-15(2,3)27-14(25)21-11-8-4-5-22(12(8)20-7-19-11)13-16(17,18)10(24)9(6-23)26-13/h4-5,7,9-10,13,23-24H,6H2,1-3H3,(H,19,20,21,25)/t9-,10-,13?/m1/s1. The largest absolute Gasteiger partial charge is 0.444 e. The molecular formula is C16H20F2N4O5. The van der Waals surface area contributed by atoms with Gasteiger partial charge in [-0.25, -0.2) is 14.8 Å². The Bertz CT molecular complexity index is 851. The zero-order valence-electron chi connectivity index (χ0n) is 14.9. The molecule has 0 aromatic carbocycles. The van der Waals surface area contributed by atoms with Gasteiger partial charge in [0.05, 0.1) is 12.0 Å². The number of aliphatic hydroxyl groups is 2. The molecule has 27 heavy (non-hydrogen) atoms. The summed E-state index contributed by atoms with van der Waals surface area (Å²) in [7, 11) is 0. The molecule has 0 saturated carbocycles. The lowest BCUT2D eigenvalue weighted by atomic mass is 10.1. The third-order valence-corrected chi connectivity index (χ3v) is 3.94. The lowest BCUT2D eigenvalue weighted by Crippen LogP contribution is -2.39. The molecule has 3 N–H and O–H groups in total. The van der Waals surface area contributed by atoms with Crippen molar-refractivity contribution < 1.29 is 33.3 Å². The molecule has 2 aromatic heterocycles. The van der Waals surface area contributed by atoms with E-state index in [9.17, 15) is 18.7 Å². The predicted molar refractivity (Wildman–Crippen MR) is 89.3 cm³/mol. The van der Waals surface area contributed by atoms with Gasteiger partial charge in [0.1, 0.15) is 29.5 Å².